The van der Waals surface area contributed by atoms with Crippen LogP contribution in [-0.4, -0.2) is 11.0 Å². The van der Waals surface area contributed by atoms with Crippen molar-refractivity contribution >= 4 is 11.6 Å². The molecule has 3 rings (SSSR count). The van der Waals surface area contributed by atoms with Crippen LogP contribution >= 0.6 is 0 Å². The van der Waals surface area contributed by atoms with Gasteiger partial charge in [-0.1, -0.05) is 29.8 Å². The summed E-state index contributed by atoms with van der Waals surface area (Å²) in [6.07, 6.45) is 0. The number of hydrogen-bond donors (Lipinski definition) is 2. The predicted molar refractivity (Wildman–Crippen MR) is 69.2 cm³/mol. The molecular formula is C15H12FNO2. The maximum atomic E-state index is 14.0. The van der Waals surface area contributed by atoms with Gasteiger partial charge in [-0.15, -0.1) is 0 Å². The van der Waals surface area contributed by atoms with Gasteiger partial charge in [0.1, 0.15) is 5.82 Å². The van der Waals surface area contributed by atoms with Gasteiger partial charge in [0.2, 0.25) is 0 Å². The van der Waals surface area contributed by atoms with Crippen LogP contribution in [0.25, 0.3) is 0 Å². The molecule has 0 bridgehead atoms. The highest BCUT2D eigenvalue weighted by Crippen LogP contribution is 2.41. The zero-order valence-corrected chi connectivity index (χ0v) is 10.3. The molecule has 4 heteroatoms. The molecule has 2 aromatic rings. The molecule has 0 radical (unpaired) electrons. The summed E-state index contributed by atoms with van der Waals surface area (Å²) in [5.41, 5.74) is -0.315. The smallest absolute Gasteiger partial charge is 0.265 e. The Morgan fingerprint density at radius 1 is 1.16 bits per heavy atom. The number of aliphatic hydroxyl groups is 1. The van der Waals surface area contributed by atoms with Crippen molar-refractivity contribution in [1.82, 2.24) is 0 Å². The Morgan fingerprint density at radius 3 is 2.68 bits per heavy atom. The van der Waals surface area contributed by atoms with Crippen LogP contribution < -0.4 is 5.32 Å². The summed E-state index contributed by atoms with van der Waals surface area (Å²) in [6, 6.07) is 11.1. The first-order valence-corrected chi connectivity index (χ1v) is 5.93. The Labute approximate surface area is 109 Å². The highest BCUT2D eigenvalue weighted by molar-refractivity contribution is 6.07. The predicted octanol–water partition coefficient (Wildman–Crippen LogP) is 2.32. The summed E-state index contributed by atoms with van der Waals surface area (Å²) >= 11 is 0. The number of benzene rings is 2. The molecule has 2 aromatic carbocycles. The number of anilines is 1. The number of nitrogens with one attached hydrogen (secondary N) is 1. The fourth-order valence-electron chi connectivity index (χ4n) is 2.43. The summed E-state index contributed by atoms with van der Waals surface area (Å²) in [6.45, 7) is 1.78. The molecule has 0 aromatic heterocycles. The number of fused-ring (bicyclic) bond motifs is 1. The molecule has 0 saturated heterocycles. The van der Waals surface area contributed by atoms with Crippen LogP contribution in [0.4, 0.5) is 10.1 Å². The highest BCUT2D eigenvalue weighted by Gasteiger charge is 2.48. The second kappa shape index (κ2) is 3.90. The first kappa shape index (κ1) is 11.9. The van der Waals surface area contributed by atoms with Crippen LogP contribution in [0.15, 0.2) is 42.5 Å². The van der Waals surface area contributed by atoms with Crippen molar-refractivity contribution in [3.8, 4) is 0 Å². The second-order valence-corrected chi connectivity index (χ2v) is 4.69. The van der Waals surface area contributed by atoms with Crippen molar-refractivity contribution in [1.29, 1.82) is 0 Å². The normalized spacial score (nSPS) is 21.1. The van der Waals surface area contributed by atoms with Gasteiger partial charge in [0.15, 0.2) is 5.60 Å². The topological polar surface area (TPSA) is 49.3 Å². The SMILES string of the molecule is Cc1ccc(F)c(C2(O)C(=O)Nc3ccccc32)c1. The average Bonchev–Trinajstić information content (AvgIpc) is 2.66. The van der Waals surface area contributed by atoms with E-state index in [1.54, 1.807) is 37.3 Å². The molecular weight excluding hydrogens is 245 g/mol. The summed E-state index contributed by atoms with van der Waals surface area (Å²) in [5.74, 6) is -1.22. The fraction of sp³-hybridized carbons (Fsp3) is 0.133. The molecule has 0 spiro atoms. The Morgan fingerprint density at radius 2 is 1.89 bits per heavy atom. The molecule has 96 valence electrons. The lowest BCUT2D eigenvalue weighted by atomic mass is 9.86. The molecule has 1 aliphatic heterocycles. The molecule has 0 aliphatic carbocycles. The monoisotopic (exact) mass is 257 g/mol. The van der Waals surface area contributed by atoms with E-state index in [0.29, 0.717) is 11.3 Å². The maximum Gasteiger partial charge on any atom is 0.265 e. The summed E-state index contributed by atoms with van der Waals surface area (Å²) in [7, 11) is 0. The molecule has 1 unspecified atom stereocenters. The summed E-state index contributed by atoms with van der Waals surface area (Å²) in [5, 5.41) is 13.3. The van der Waals surface area contributed by atoms with Crippen LogP contribution in [0.2, 0.25) is 0 Å². The van der Waals surface area contributed by atoms with Crippen molar-refractivity contribution in [2.24, 2.45) is 0 Å². The average molecular weight is 257 g/mol. The molecule has 1 aliphatic rings. The number of carbonyl (C=O) groups is 1. The van der Waals surface area contributed by atoms with Gasteiger partial charge in [0.25, 0.3) is 5.91 Å². The molecule has 3 nitrogen and oxygen atoms in total. The second-order valence-electron chi connectivity index (χ2n) is 4.69. The van der Waals surface area contributed by atoms with Gasteiger partial charge in [-0.2, -0.15) is 0 Å². The van der Waals surface area contributed by atoms with Gasteiger partial charge in [0, 0.05) is 16.8 Å². The summed E-state index contributed by atoms with van der Waals surface area (Å²) in [4.78, 5) is 12.1. The summed E-state index contributed by atoms with van der Waals surface area (Å²) < 4.78 is 14.0. The standard InChI is InChI=1S/C15H12FNO2/c1-9-6-7-12(16)11(8-9)15(19)10-4-2-3-5-13(10)17-14(15)18/h2-8,19H,1H3,(H,17,18). The fourth-order valence-corrected chi connectivity index (χ4v) is 2.43. The molecule has 1 atom stereocenters. The van der Waals surface area contributed by atoms with E-state index in [4.69, 9.17) is 0 Å². The lowest BCUT2D eigenvalue weighted by molar-refractivity contribution is -0.129. The minimum Gasteiger partial charge on any atom is -0.372 e. The first-order valence-electron chi connectivity index (χ1n) is 5.93. The largest absolute Gasteiger partial charge is 0.372 e. The van der Waals surface area contributed by atoms with Crippen molar-refractivity contribution in [2.75, 3.05) is 5.32 Å². The Bertz CT molecular complexity index is 684. The van der Waals surface area contributed by atoms with Gasteiger partial charge in [-0.3, -0.25) is 4.79 Å². The van der Waals surface area contributed by atoms with E-state index < -0.39 is 17.3 Å². The number of halogens is 1. The van der Waals surface area contributed by atoms with Gasteiger partial charge in [-0.05, 0) is 25.1 Å². The van der Waals surface area contributed by atoms with E-state index >= 15 is 0 Å². The highest BCUT2D eigenvalue weighted by atomic mass is 19.1. The van der Waals surface area contributed by atoms with Gasteiger partial charge in [0.05, 0.1) is 0 Å². The minimum atomic E-state index is -1.97. The van der Waals surface area contributed by atoms with E-state index in [1.165, 1.54) is 12.1 Å². The van der Waals surface area contributed by atoms with Gasteiger partial charge >= 0.3 is 0 Å². The molecule has 1 amide bonds. The van der Waals surface area contributed by atoms with E-state index in [0.717, 1.165) is 5.56 Å². The lowest BCUT2D eigenvalue weighted by Crippen LogP contribution is -2.36. The third kappa shape index (κ3) is 1.57. The quantitative estimate of drug-likeness (QED) is 0.823. The van der Waals surface area contributed by atoms with E-state index in [2.05, 4.69) is 5.32 Å². The number of hydrogen-bond acceptors (Lipinski definition) is 2. The molecule has 0 saturated carbocycles. The Hall–Kier alpha value is -2.20. The first-order chi connectivity index (χ1) is 9.03. The van der Waals surface area contributed by atoms with Crippen molar-refractivity contribution in [2.45, 2.75) is 12.5 Å². The Kier molecular flexibility index (Phi) is 2.43. The van der Waals surface area contributed by atoms with Crippen molar-refractivity contribution in [3.63, 3.8) is 0 Å². The number of rotatable bonds is 1. The number of carbonyl (C=O) groups excluding carboxylic acids is 1. The van der Waals surface area contributed by atoms with E-state index in [9.17, 15) is 14.3 Å². The molecule has 19 heavy (non-hydrogen) atoms. The van der Waals surface area contributed by atoms with Gasteiger partial charge in [-0.25, -0.2) is 4.39 Å². The van der Waals surface area contributed by atoms with Crippen LogP contribution in [0, 0.1) is 12.7 Å². The third-order valence-corrected chi connectivity index (χ3v) is 3.41. The van der Waals surface area contributed by atoms with Crippen molar-refractivity contribution < 1.29 is 14.3 Å². The maximum absolute atomic E-state index is 14.0. The third-order valence-electron chi connectivity index (χ3n) is 3.41. The zero-order valence-electron chi connectivity index (χ0n) is 10.3. The van der Waals surface area contributed by atoms with Crippen molar-refractivity contribution in [3.05, 3.63) is 65.0 Å². The minimum absolute atomic E-state index is 0.0186. The van der Waals surface area contributed by atoms with Gasteiger partial charge < -0.3 is 10.4 Å². The molecule has 0 fully saturated rings. The molecule has 1 heterocycles. The van der Waals surface area contributed by atoms with Crippen LogP contribution in [0.1, 0.15) is 16.7 Å². The van der Waals surface area contributed by atoms with Crippen LogP contribution in [0.3, 0.4) is 0 Å². The zero-order chi connectivity index (χ0) is 13.6. The van der Waals surface area contributed by atoms with E-state index in [1.807, 2.05) is 0 Å². The van der Waals surface area contributed by atoms with Crippen LogP contribution in [0.5, 0.6) is 0 Å². The Balaban J connectivity index is 2.28. The number of amides is 1. The molecule has 2 N–H and O–H groups in total. The lowest BCUT2D eigenvalue weighted by Gasteiger charge is -2.22. The number of para-hydroxylation sites is 1. The van der Waals surface area contributed by atoms with E-state index in [-0.39, 0.29) is 5.56 Å². The van der Waals surface area contributed by atoms with Crippen LogP contribution in [-0.2, 0) is 10.4 Å². The number of aryl methyl sites for hydroxylation is 1.